The van der Waals surface area contributed by atoms with Gasteiger partial charge in [0, 0.05) is 12.6 Å². The van der Waals surface area contributed by atoms with E-state index in [2.05, 4.69) is 0 Å². The first kappa shape index (κ1) is 13.9. The standard InChI is InChI=1S/C16H19NO4/c1-21-12-6-2-10(3-7-12)9-17(11-4-5-11)15(18)13-8-14(13)16(19)20/h2-3,6-7,11,13-14H,4-5,8-9H2,1H3,(H,19,20)/t13-,14-/m0/s1. The minimum Gasteiger partial charge on any atom is -0.497 e. The molecule has 0 aromatic heterocycles. The van der Waals surface area contributed by atoms with E-state index in [0.29, 0.717) is 13.0 Å². The van der Waals surface area contributed by atoms with E-state index in [4.69, 9.17) is 9.84 Å². The summed E-state index contributed by atoms with van der Waals surface area (Å²) in [5.74, 6) is -0.860. The molecule has 0 aliphatic heterocycles. The van der Waals surface area contributed by atoms with Gasteiger partial charge in [-0.3, -0.25) is 9.59 Å². The Balaban J connectivity index is 1.67. The van der Waals surface area contributed by atoms with Gasteiger partial charge < -0.3 is 14.7 Å². The van der Waals surface area contributed by atoms with E-state index in [-0.39, 0.29) is 17.9 Å². The molecule has 0 unspecified atom stereocenters. The molecule has 0 radical (unpaired) electrons. The molecule has 2 saturated carbocycles. The van der Waals surface area contributed by atoms with Crippen LogP contribution in [0.1, 0.15) is 24.8 Å². The fraction of sp³-hybridized carbons (Fsp3) is 0.500. The number of amides is 1. The predicted octanol–water partition coefficient (Wildman–Crippen LogP) is 1.91. The van der Waals surface area contributed by atoms with Gasteiger partial charge in [0.05, 0.1) is 18.9 Å². The molecule has 1 amide bonds. The van der Waals surface area contributed by atoms with Crippen LogP contribution in [-0.4, -0.2) is 35.0 Å². The van der Waals surface area contributed by atoms with Crippen LogP contribution < -0.4 is 4.74 Å². The second-order valence-electron chi connectivity index (χ2n) is 5.83. The molecule has 0 spiro atoms. The van der Waals surface area contributed by atoms with Crippen molar-refractivity contribution in [3.63, 3.8) is 0 Å². The number of methoxy groups -OCH3 is 1. The topological polar surface area (TPSA) is 66.8 Å². The lowest BCUT2D eigenvalue weighted by Crippen LogP contribution is -2.34. The normalized spacial score (nSPS) is 23.5. The van der Waals surface area contributed by atoms with Gasteiger partial charge in [0.15, 0.2) is 0 Å². The third kappa shape index (κ3) is 3.01. The van der Waals surface area contributed by atoms with Crippen molar-refractivity contribution in [3.8, 4) is 5.75 Å². The van der Waals surface area contributed by atoms with Crippen LogP contribution in [0, 0.1) is 11.8 Å². The van der Waals surface area contributed by atoms with Crippen LogP contribution in [0.3, 0.4) is 0 Å². The highest BCUT2D eigenvalue weighted by atomic mass is 16.5. The number of carboxylic acid groups (broad SMARTS) is 1. The Bertz CT molecular complexity index is 550. The predicted molar refractivity (Wildman–Crippen MR) is 75.8 cm³/mol. The van der Waals surface area contributed by atoms with Crippen molar-refractivity contribution in [1.82, 2.24) is 4.90 Å². The van der Waals surface area contributed by atoms with E-state index in [1.54, 1.807) is 7.11 Å². The van der Waals surface area contributed by atoms with Crippen LogP contribution in [0.4, 0.5) is 0 Å². The van der Waals surface area contributed by atoms with Crippen molar-refractivity contribution < 1.29 is 19.4 Å². The highest BCUT2D eigenvalue weighted by Gasteiger charge is 2.51. The Morgan fingerprint density at radius 3 is 2.38 bits per heavy atom. The van der Waals surface area contributed by atoms with Gasteiger partial charge in [0.25, 0.3) is 0 Å². The molecule has 2 fully saturated rings. The maximum atomic E-state index is 12.5. The zero-order valence-corrected chi connectivity index (χ0v) is 12.0. The summed E-state index contributed by atoms with van der Waals surface area (Å²) in [6.07, 6.45) is 2.53. The molecule has 1 aromatic carbocycles. The van der Waals surface area contributed by atoms with Crippen molar-refractivity contribution in [3.05, 3.63) is 29.8 Å². The average Bonchev–Trinajstić information content (AvgIpc) is 3.37. The quantitative estimate of drug-likeness (QED) is 0.868. The number of nitrogens with zero attached hydrogens (tertiary/aromatic N) is 1. The third-order valence-corrected chi connectivity index (χ3v) is 4.21. The van der Waals surface area contributed by atoms with Crippen molar-refractivity contribution in [2.45, 2.75) is 31.8 Å². The molecule has 0 heterocycles. The molecule has 1 N–H and O–H groups in total. The summed E-state index contributed by atoms with van der Waals surface area (Å²) in [5, 5.41) is 8.97. The van der Waals surface area contributed by atoms with Crippen LogP contribution >= 0.6 is 0 Å². The Morgan fingerprint density at radius 2 is 1.90 bits per heavy atom. The number of ether oxygens (including phenoxy) is 1. The summed E-state index contributed by atoms with van der Waals surface area (Å²) in [5.41, 5.74) is 1.04. The molecule has 2 atom stereocenters. The second kappa shape index (κ2) is 5.39. The minimum absolute atomic E-state index is 0.000665. The zero-order chi connectivity index (χ0) is 15.0. The van der Waals surface area contributed by atoms with Gasteiger partial charge in [-0.15, -0.1) is 0 Å². The minimum atomic E-state index is -0.853. The largest absolute Gasteiger partial charge is 0.497 e. The number of carbonyl (C=O) groups is 2. The summed E-state index contributed by atoms with van der Waals surface area (Å²) in [7, 11) is 1.62. The van der Waals surface area contributed by atoms with Gasteiger partial charge in [-0.1, -0.05) is 12.1 Å². The van der Waals surface area contributed by atoms with E-state index in [1.807, 2.05) is 29.2 Å². The Hall–Kier alpha value is -2.04. The van der Waals surface area contributed by atoms with E-state index >= 15 is 0 Å². The summed E-state index contributed by atoms with van der Waals surface area (Å²) < 4.78 is 5.12. The number of carboxylic acids is 1. The molecule has 5 heteroatoms. The Labute approximate surface area is 123 Å². The number of hydrogen-bond acceptors (Lipinski definition) is 3. The maximum absolute atomic E-state index is 12.5. The molecule has 112 valence electrons. The van der Waals surface area contributed by atoms with Gasteiger partial charge in [0.1, 0.15) is 5.75 Å². The summed E-state index contributed by atoms with van der Waals surface area (Å²) >= 11 is 0. The van der Waals surface area contributed by atoms with E-state index in [0.717, 1.165) is 24.2 Å². The number of benzene rings is 1. The maximum Gasteiger partial charge on any atom is 0.307 e. The molecule has 3 rings (SSSR count). The van der Waals surface area contributed by atoms with Gasteiger partial charge >= 0.3 is 5.97 Å². The van der Waals surface area contributed by atoms with E-state index in [1.165, 1.54) is 0 Å². The molecule has 5 nitrogen and oxygen atoms in total. The fourth-order valence-electron chi connectivity index (χ4n) is 2.65. The van der Waals surface area contributed by atoms with Crippen LogP contribution in [0.15, 0.2) is 24.3 Å². The molecule has 1 aromatic rings. The first-order valence-electron chi connectivity index (χ1n) is 7.26. The zero-order valence-electron chi connectivity index (χ0n) is 12.0. The molecule has 21 heavy (non-hydrogen) atoms. The highest BCUT2D eigenvalue weighted by Crippen LogP contribution is 2.42. The molecule has 0 bridgehead atoms. The average molecular weight is 289 g/mol. The van der Waals surface area contributed by atoms with Crippen LogP contribution in [0.2, 0.25) is 0 Å². The van der Waals surface area contributed by atoms with Crippen molar-refractivity contribution in [2.24, 2.45) is 11.8 Å². The van der Waals surface area contributed by atoms with E-state index < -0.39 is 11.9 Å². The van der Waals surface area contributed by atoms with Crippen molar-refractivity contribution >= 4 is 11.9 Å². The lowest BCUT2D eigenvalue weighted by atomic mass is 10.2. The number of carbonyl (C=O) groups excluding carboxylic acids is 1. The second-order valence-corrected chi connectivity index (χ2v) is 5.83. The fourth-order valence-corrected chi connectivity index (χ4v) is 2.65. The Morgan fingerprint density at radius 1 is 1.24 bits per heavy atom. The van der Waals surface area contributed by atoms with Gasteiger partial charge in [-0.25, -0.2) is 0 Å². The molecule has 2 aliphatic carbocycles. The monoisotopic (exact) mass is 289 g/mol. The molecular weight excluding hydrogens is 270 g/mol. The van der Waals surface area contributed by atoms with Crippen LogP contribution in [0.25, 0.3) is 0 Å². The lowest BCUT2D eigenvalue weighted by Gasteiger charge is -2.23. The van der Waals surface area contributed by atoms with Crippen LogP contribution in [0.5, 0.6) is 5.75 Å². The summed E-state index contributed by atoms with van der Waals surface area (Å²) in [6, 6.07) is 7.94. The third-order valence-electron chi connectivity index (χ3n) is 4.21. The lowest BCUT2D eigenvalue weighted by molar-refractivity contribution is -0.142. The van der Waals surface area contributed by atoms with Gasteiger partial charge in [0.2, 0.25) is 5.91 Å². The smallest absolute Gasteiger partial charge is 0.307 e. The number of hydrogen-bond donors (Lipinski definition) is 1. The molecule has 0 saturated heterocycles. The summed E-state index contributed by atoms with van der Waals surface area (Å²) in [4.78, 5) is 25.3. The first-order valence-corrected chi connectivity index (χ1v) is 7.26. The van der Waals surface area contributed by atoms with Crippen molar-refractivity contribution in [1.29, 1.82) is 0 Å². The SMILES string of the molecule is COc1ccc(CN(C(=O)[C@H]2C[C@@H]2C(=O)O)C2CC2)cc1. The van der Waals surface area contributed by atoms with Crippen molar-refractivity contribution in [2.75, 3.05) is 7.11 Å². The highest BCUT2D eigenvalue weighted by molar-refractivity contribution is 5.89. The number of aliphatic carboxylic acids is 1. The molecular formula is C16H19NO4. The van der Waals surface area contributed by atoms with Crippen LogP contribution in [-0.2, 0) is 16.1 Å². The van der Waals surface area contributed by atoms with E-state index in [9.17, 15) is 9.59 Å². The summed E-state index contributed by atoms with van der Waals surface area (Å²) in [6.45, 7) is 0.552. The molecule has 2 aliphatic rings. The van der Waals surface area contributed by atoms with Gasteiger partial charge in [-0.05, 0) is 37.0 Å². The van der Waals surface area contributed by atoms with Gasteiger partial charge in [-0.2, -0.15) is 0 Å². The first-order chi connectivity index (χ1) is 10.1. The Kier molecular flexibility index (Phi) is 3.57. The number of rotatable bonds is 6.